The van der Waals surface area contributed by atoms with Crippen LogP contribution in [0.2, 0.25) is 0 Å². The summed E-state index contributed by atoms with van der Waals surface area (Å²) in [7, 11) is 0. The summed E-state index contributed by atoms with van der Waals surface area (Å²) in [4.78, 5) is 29.1. The standard InChI is InChI=1S/C32H29FN2O4/c33-27-14-11-25(12-15-27)21-35(31(36)19-24-9-5-2-6-10-24)28(17-23-7-3-1-4-8-23)32(37)34-20-26-13-16-29-30(18-26)39-22-38-29/h1-16,18,28H,17,19-22H2,(H,34,37)/t28-/m0/s1. The minimum atomic E-state index is -0.789. The topological polar surface area (TPSA) is 67.9 Å². The highest BCUT2D eigenvalue weighted by Crippen LogP contribution is 2.32. The van der Waals surface area contributed by atoms with Gasteiger partial charge in [-0.3, -0.25) is 9.59 Å². The molecule has 0 radical (unpaired) electrons. The molecule has 0 saturated carbocycles. The Bertz CT molecular complexity index is 1410. The van der Waals surface area contributed by atoms with Crippen molar-refractivity contribution in [2.45, 2.75) is 32.0 Å². The lowest BCUT2D eigenvalue weighted by atomic mass is 10.0. The summed E-state index contributed by atoms with van der Waals surface area (Å²) in [5, 5.41) is 3.02. The Morgan fingerprint density at radius 3 is 2.13 bits per heavy atom. The highest BCUT2D eigenvalue weighted by atomic mass is 19.1. The second-order valence-electron chi connectivity index (χ2n) is 9.42. The first kappa shape index (κ1) is 26.0. The first-order chi connectivity index (χ1) is 19.0. The molecular weight excluding hydrogens is 495 g/mol. The summed E-state index contributed by atoms with van der Waals surface area (Å²) in [6.45, 7) is 0.602. The molecule has 6 nitrogen and oxygen atoms in total. The lowest BCUT2D eigenvalue weighted by molar-refractivity contribution is -0.140. The fraction of sp³-hybridized carbons (Fsp3) is 0.188. The van der Waals surface area contributed by atoms with Gasteiger partial charge < -0.3 is 19.7 Å². The number of amides is 2. The largest absolute Gasteiger partial charge is 0.454 e. The molecule has 39 heavy (non-hydrogen) atoms. The van der Waals surface area contributed by atoms with Crippen molar-refractivity contribution in [2.24, 2.45) is 0 Å². The summed E-state index contributed by atoms with van der Waals surface area (Å²) < 4.78 is 24.5. The van der Waals surface area contributed by atoms with Crippen LogP contribution in [-0.2, 0) is 35.5 Å². The van der Waals surface area contributed by atoms with E-state index in [0.717, 1.165) is 22.3 Å². The van der Waals surface area contributed by atoms with Gasteiger partial charge in [-0.15, -0.1) is 0 Å². The van der Waals surface area contributed by atoms with Crippen LogP contribution in [0.4, 0.5) is 4.39 Å². The number of nitrogens with zero attached hydrogens (tertiary/aromatic N) is 1. The van der Waals surface area contributed by atoms with E-state index in [4.69, 9.17) is 9.47 Å². The van der Waals surface area contributed by atoms with Crippen LogP contribution in [0.1, 0.15) is 22.3 Å². The molecule has 1 N–H and O–H groups in total. The molecule has 0 spiro atoms. The summed E-state index contributed by atoms with van der Waals surface area (Å²) >= 11 is 0. The maximum atomic E-state index is 13.8. The van der Waals surface area contributed by atoms with Crippen LogP contribution in [0.25, 0.3) is 0 Å². The van der Waals surface area contributed by atoms with E-state index in [-0.39, 0.29) is 43.9 Å². The Kier molecular flexibility index (Phi) is 8.17. The number of ether oxygens (including phenoxy) is 2. The van der Waals surface area contributed by atoms with Crippen molar-refractivity contribution in [1.82, 2.24) is 10.2 Å². The van der Waals surface area contributed by atoms with E-state index < -0.39 is 6.04 Å². The molecule has 0 unspecified atom stereocenters. The Hall–Kier alpha value is -4.65. The molecule has 1 aliphatic rings. The minimum Gasteiger partial charge on any atom is -0.454 e. The van der Waals surface area contributed by atoms with Gasteiger partial charge in [0.05, 0.1) is 6.42 Å². The van der Waals surface area contributed by atoms with Crippen LogP contribution >= 0.6 is 0 Å². The molecule has 1 atom stereocenters. The van der Waals surface area contributed by atoms with Gasteiger partial charge >= 0.3 is 0 Å². The van der Waals surface area contributed by atoms with Gasteiger partial charge in [0, 0.05) is 19.5 Å². The Labute approximate surface area is 227 Å². The van der Waals surface area contributed by atoms with Gasteiger partial charge in [-0.2, -0.15) is 0 Å². The SMILES string of the molecule is O=C(NCc1ccc2c(c1)OCO2)[C@H](Cc1ccccc1)N(Cc1ccc(F)cc1)C(=O)Cc1ccccc1. The molecule has 1 heterocycles. The summed E-state index contributed by atoms with van der Waals surface area (Å²) in [5.74, 6) is 0.482. The van der Waals surface area contributed by atoms with Gasteiger partial charge in [0.25, 0.3) is 0 Å². The van der Waals surface area contributed by atoms with Crippen molar-refractivity contribution in [1.29, 1.82) is 0 Å². The Balaban J connectivity index is 1.42. The lowest BCUT2D eigenvalue weighted by Crippen LogP contribution is -2.50. The number of carbonyl (C=O) groups is 2. The van der Waals surface area contributed by atoms with E-state index in [0.29, 0.717) is 17.9 Å². The predicted molar refractivity (Wildman–Crippen MR) is 145 cm³/mol. The summed E-state index contributed by atoms with van der Waals surface area (Å²) in [6, 6.07) is 29.8. The van der Waals surface area contributed by atoms with Crippen LogP contribution < -0.4 is 14.8 Å². The first-order valence-corrected chi connectivity index (χ1v) is 12.8. The monoisotopic (exact) mass is 524 g/mol. The second kappa shape index (κ2) is 12.3. The number of halogens is 1. The Morgan fingerprint density at radius 2 is 1.41 bits per heavy atom. The molecular formula is C32H29FN2O4. The van der Waals surface area contributed by atoms with Crippen LogP contribution in [-0.4, -0.2) is 29.5 Å². The van der Waals surface area contributed by atoms with Crippen molar-refractivity contribution >= 4 is 11.8 Å². The van der Waals surface area contributed by atoms with E-state index in [9.17, 15) is 14.0 Å². The number of carbonyl (C=O) groups excluding carboxylic acids is 2. The zero-order valence-corrected chi connectivity index (χ0v) is 21.4. The zero-order valence-electron chi connectivity index (χ0n) is 21.4. The highest BCUT2D eigenvalue weighted by molar-refractivity contribution is 5.88. The van der Waals surface area contributed by atoms with Crippen molar-refractivity contribution in [3.63, 3.8) is 0 Å². The van der Waals surface area contributed by atoms with Gasteiger partial charge in [0.2, 0.25) is 18.6 Å². The molecule has 4 aromatic rings. The summed E-state index contributed by atoms with van der Waals surface area (Å²) in [5.41, 5.74) is 3.37. The van der Waals surface area contributed by atoms with Crippen molar-refractivity contribution < 1.29 is 23.5 Å². The number of hydrogen-bond acceptors (Lipinski definition) is 4. The molecule has 7 heteroatoms. The lowest BCUT2D eigenvalue weighted by Gasteiger charge is -2.32. The smallest absolute Gasteiger partial charge is 0.243 e. The molecule has 5 rings (SSSR count). The average molecular weight is 525 g/mol. The molecule has 0 aromatic heterocycles. The number of hydrogen-bond donors (Lipinski definition) is 1. The van der Waals surface area contributed by atoms with E-state index in [1.807, 2.05) is 78.9 Å². The van der Waals surface area contributed by atoms with Crippen molar-refractivity contribution in [3.8, 4) is 11.5 Å². The van der Waals surface area contributed by atoms with Gasteiger partial charge in [-0.1, -0.05) is 78.9 Å². The molecule has 1 aliphatic heterocycles. The van der Waals surface area contributed by atoms with E-state index in [1.165, 1.54) is 12.1 Å². The minimum absolute atomic E-state index is 0.142. The van der Waals surface area contributed by atoms with Crippen LogP contribution in [0.15, 0.2) is 103 Å². The van der Waals surface area contributed by atoms with Crippen molar-refractivity contribution in [3.05, 3.63) is 131 Å². The maximum Gasteiger partial charge on any atom is 0.243 e. The Morgan fingerprint density at radius 1 is 0.769 bits per heavy atom. The third kappa shape index (κ3) is 6.82. The van der Waals surface area contributed by atoms with Crippen LogP contribution in [0.3, 0.4) is 0 Å². The quantitative estimate of drug-likeness (QED) is 0.315. The first-order valence-electron chi connectivity index (χ1n) is 12.8. The fourth-order valence-corrected chi connectivity index (χ4v) is 4.57. The number of rotatable bonds is 10. The number of fused-ring (bicyclic) bond motifs is 1. The summed E-state index contributed by atoms with van der Waals surface area (Å²) in [6.07, 6.45) is 0.471. The molecule has 4 aromatic carbocycles. The fourth-order valence-electron chi connectivity index (χ4n) is 4.57. The third-order valence-corrected chi connectivity index (χ3v) is 6.64. The molecule has 2 amide bonds. The van der Waals surface area contributed by atoms with E-state index >= 15 is 0 Å². The maximum absolute atomic E-state index is 13.8. The second-order valence-corrected chi connectivity index (χ2v) is 9.42. The van der Waals surface area contributed by atoms with Gasteiger partial charge in [-0.05, 0) is 46.5 Å². The number of nitrogens with one attached hydrogen (secondary N) is 1. The van der Waals surface area contributed by atoms with Gasteiger partial charge in [-0.25, -0.2) is 4.39 Å². The van der Waals surface area contributed by atoms with E-state index in [2.05, 4.69) is 5.32 Å². The molecule has 0 bridgehead atoms. The normalized spacial score (nSPS) is 12.5. The molecule has 0 fully saturated rings. The predicted octanol–water partition coefficient (Wildman–Crippen LogP) is 5.05. The van der Waals surface area contributed by atoms with E-state index in [1.54, 1.807) is 17.0 Å². The third-order valence-electron chi connectivity index (χ3n) is 6.64. The van der Waals surface area contributed by atoms with Crippen molar-refractivity contribution in [2.75, 3.05) is 6.79 Å². The zero-order chi connectivity index (χ0) is 27.0. The van der Waals surface area contributed by atoms with Crippen LogP contribution in [0, 0.1) is 5.82 Å². The van der Waals surface area contributed by atoms with Gasteiger partial charge in [0.1, 0.15) is 11.9 Å². The number of benzene rings is 4. The molecule has 198 valence electrons. The molecule has 0 aliphatic carbocycles. The van der Waals surface area contributed by atoms with Gasteiger partial charge in [0.15, 0.2) is 11.5 Å². The van der Waals surface area contributed by atoms with Crippen LogP contribution in [0.5, 0.6) is 11.5 Å². The molecule has 0 saturated heterocycles. The average Bonchev–Trinajstić information content (AvgIpc) is 3.44. The highest BCUT2D eigenvalue weighted by Gasteiger charge is 2.30.